The van der Waals surface area contributed by atoms with E-state index in [1.165, 1.54) is 24.3 Å². The molecular formula is C22H21F4N3O3. The Balaban J connectivity index is 2.08. The average molecular weight is 451 g/mol. The van der Waals surface area contributed by atoms with Crippen molar-refractivity contribution in [3.8, 4) is 11.8 Å². The maximum atomic E-state index is 13.6. The molecule has 0 spiro atoms. The highest BCUT2D eigenvalue weighted by Gasteiger charge is 2.23. The van der Waals surface area contributed by atoms with Gasteiger partial charge in [0.2, 0.25) is 5.91 Å². The van der Waals surface area contributed by atoms with Crippen LogP contribution in [0.25, 0.3) is 0 Å². The number of halogens is 4. The summed E-state index contributed by atoms with van der Waals surface area (Å²) < 4.78 is 58.6. The number of anilines is 1. The highest BCUT2D eigenvalue weighted by atomic mass is 19.2. The van der Waals surface area contributed by atoms with E-state index in [1.54, 1.807) is 27.7 Å². The summed E-state index contributed by atoms with van der Waals surface area (Å²) in [6.45, 7) is 6.80. The lowest BCUT2D eigenvalue weighted by atomic mass is 10.1. The molecule has 0 aliphatic heterocycles. The fourth-order valence-electron chi connectivity index (χ4n) is 2.40. The predicted octanol–water partition coefficient (Wildman–Crippen LogP) is 4.28. The molecule has 1 aromatic heterocycles. The minimum absolute atomic E-state index is 0.262. The molecule has 0 saturated heterocycles. The minimum Gasteiger partial charge on any atom is -0.444 e. The molecule has 1 aromatic carbocycles. The number of rotatable bonds is 4. The largest absolute Gasteiger partial charge is 0.444 e. The molecule has 2 rings (SSSR count). The standard InChI is InChI=1S/C22H21F4N3O3/c1-5-15(28-21(31)32-22(2,3)4)20(30)27-13-9-6-12(7-10-13)8-11-14-16(23)18(25)29-19(26)17(14)24/h6-7,9-10,15H,5H2,1-4H3,(H,27,30)(H,28,31)/t15-/m0/s1. The first-order valence-electron chi connectivity index (χ1n) is 9.53. The van der Waals surface area contributed by atoms with Crippen LogP contribution in [-0.4, -0.2) is 28.6 Å². The zero-order chi connectivity index (χ0) is 24.1. The number of hydrogen-bond donors (Lipinski definition) is 2. The number of alkyl carbamates (subject to hydrolysis) is 1. The molecule has 6 nitrogen and oxygen atoms in total. The number of nitrogens with one attached hydrogen (secondary N) is 2. The number of carbonyl (C=O) groups is 2. The molecule has 2 N–H and O–H groups in total. The van der Waals surface area contributed by atoms with Crippen molar-refractivity contribution in [1.29, 1.82) is 0 Å². The van der Waals surface area contributed by atoms with E-state index in [1.807, 2.05) is 5.92 Å². The van der Waals surface area contributed by atoms with Crippen molar-refractivity contribution >= 4 is 17.7 Å². The van der Waals surface area contributed by atoms with E-state index in [9.17, 15) is 27.2 Å². The quantitative estimate of drug-likeness (QED) is 0.413. The second kappa shape index (κ2) is 10.1. The van der Waals surface area contributed by atoms with Gasteiger partial charge in [0.15, 0.2) is 11.6 Å². The molecule has 2 aromatic rings. The first kappa shape index (κ1) is 24.7. The van der Waals surface area contributed by atoms with Crippen LogP contribution in [0.5, 0.6) is 0 Å². The third-order valence-corrected chi connectivity index (χ3v) is 3.90. The zero-order valence-corrected chi connectivity index (χ0v) is 17.8. The van der Waals surface area contributed by atoms with Gasteiger partial charge in [0.05, 0.1) is 0 Å². The molecule has 32 heavy (non-hydrogen) atoms. The van der Waals surface area contributed by atoms with E-state index in [0.29, 0.717) is 12.1 Å². The van der Waals surface area contributed by atoms with Crippen LogP contribution in [-0.2, 0) is 9.53 Å². The molecule has 0 bridgehead atoms. The number of amides is 2. The van der Waals surface area contributed by atoms with E-state index < -0.39 is 52.7 Å². The summed E-state index contributed by atoms with van der Waals surface area (Å²) in [5.74, 6) is -3.03. The van der Waals surface area contributed by atoms with Gasteiger partial charge >= 0.3 is 6.09 Å². The first-order valence-corrected chi connectivity index (χ1v) is 9.53. The van der Waals surface area contributed by atoms with Gasteiger partial charge in [0.1, 0.15) is 17.2 Å². The van der Waals surface area contributed by atoms with Gasteiger partial charge in [0, 0.05) is 11.3 Å². The molecule has 170 valence electrons. The van der Waals surface area contributed by atoms with Crippen molar-refractivity contribution < 1.29 is 31.9 Å². The van der Waals surface area contributed by atoms with Crippen LogP contribution in [0.3, 0.4) is 0 Å². The number of carbonyl (C=O) groups excluding carboxylic acids is 2. The van der Waals surface area contributed by atoms with Gasteiger partial charge in [-0.2, -0.15) is 13.8 Å². The van der Waals surface area contributed by atoms with E-state index in [0.717, 1.165) is 0 Å². The molecule has 1 heterocycles. The molecular weight excluding hydrogens is 430 g/mol. The van der Waals surface area contributed by atoms with Gasteiger partial charge in [0.25, 0.3) is 11.9 Å². The number of pyridine rings is 1. The zero-order valence-electron chi connectivity index (χ0n) is 17.8. The van der Waals surface area contributed by atoms with Crippen LogP contribution in [0.1, 0.15) is 45.2 Å². The lowest BCUT2D eigenvalue weighted by Gasteiger charge is -2.22. The Labute approximate surface area is 182 Å². The smallest absolute Gasteiger partial charge is 0.408 e. The molecule has 2 amide bonds. The number of aromatic nitrogens is 1. The Bertz CT molecular complexity index is 1040. The van der Waals surface area contributed by atoms with Gasteiger partial charge in [-0.3, -0.25) is 4.79 Å². The van der Waals surface area contributed by atoms with Crippen molar-refractivity contribution in [2.75, 3.05) is 5.32 Å². The van der Waals surface area contributed by atoms with E-state index in [-0.39, 0.29) is 5.56 Å². The Morgan fingerprint density at radius 2 is 1.59 bits per heavy atom. The Hall–Kier alpha value is -3.61. The van der Waals surface area contributed by atoms with Crippen LogP contribution in [0, 0.1) is 35.4 Å². The Kier molecular flexibility index (Phi) is 7.81. The van der Waals surface area contributed by atoms with Gasteiger partial charge in [-0.25, -0.2) is 13.6 Å². The van der Waals surface area contributed by atoms with Crippen molar-refractivity contribution in [3.05, 3.63) is 58.9 Å². The second-order valence-corrected chi connectivity index (χ2v) is 7.62. The summed E-state index contributed by atoms with van der Waals surface area (Å²) in [5, 5.41) is 5.09. The summed E-state index contributed by atoms with van der Waals surface area (Å²) in [5.41, 5.74) is -1.16. The molecule has 0 unspecified atom stereocenters. The van der Waals surface area contributed by atoms with Crippen molar-refractivity contribution in [1.82, 2.24) is 10.3 Å². The number of benzene rings is 1. The topological polar surface area (TPSA) is 80.3 Å². The number of hydrogen-bond acceptors (Lipinski definition) is 4. The third kappa shape index (κ3) is 6.70. The monoisotopic (exact) mass is 451 g/mol. The van der Waals surface area contributed by atoms with Crippen LogP contribution in [0.2, 0.25) is 0 Å². The summed E-state index contributed by atoms with van der Waals surface area (Å²) in [6.07, 6.45) is -0.418. The fraction of sp³-hybridized carbons (Fsp3) is 0.318. The lowest BCUT2D eigenvalue weighted by molar-refractivity contribution is -0.118. The predicted molar refractivity (Wildman–Crippen MR) is 109 cm³/mol. The Morgan fingerprint density at radius 1 is 1.03 bits per heavy atom. The molecule has 0 saturated carbocycles. The maximum absolute atomic E-state index is 13.6. The summed E-state index contributed by atoms with van der Waals surface area (Å²) in [4.78, 5) is 26.7. The Morgan fingerprint density at radius 3 is 2.09 bits per heavy atom. The lowest BCUT2D eigenvalue weighted by Crippen LogP contribution is -2.45. The molecule has 0 radical (unpaired) electrons. The van der Waals surface area contributed by atoms with Crippen molar-refractivity contribution in [2.24, 2.45) is 0 Å². The SMILES string of the molecule is CC[C@H](NC(=O)OC(C)(C)C)C(=O)Nc1ccc(C#Cc2c(F)c(F)nc(F)c2F)cc1. The second-order valence-electron chi connectivity index (χ2n) is 7.62. The van der Waals surface area contributed by atoms with Crippen LogP contribution in [0.4, 0.5) is 28.0 Å². The normalized spacial score (nSPS) is 11.8. The highest BCUT2D eigenvalue weighted by molar-refractivity contribution is 5.96. The summed E-state index contributed by atoms with van der Waals surface area (Å²) in [6, 6.07) is 4.93. The fourth-order valence-corrected chi connectivity index (χ4v) is 2.40. The van der Waals surface area contributed by atoms with Crippen LogP contribution >= 0.6 is 0 Å². The molecule has 0 fully saturated rings. The number of ether oxygens (including phenoxy) is 1. The van der Waals surface area contributed by atoms with E-state index in [2.05, 4.69) is 21.5 Å². The van der Waals surface area contributed by atoms with Crippen LogP contribution in [0.15, 0.2) is 24.3 Å². The summed E-state index contributed by atoms with van der Waals surface area (Å²) >= 11 is 0. The first-order chi connectivity index (χ1) is 14.9. The molecule has 10 heteroatoms. The molecule has 0 aliphatic rings. The van der Waals surface area contributed by atoms with Gasteiger partial charge in [-0.1, -0.05) is 18.8 Å². The van der Waals surface area contributed by atoms with E-state index >= 15 is 0 Å². The van der Waals surface area contributed by atoms with Gasteiger partial charge in [-0.15, -0.1) is 0 Å². The molecule has 0 aliphatic carbocycles. The van der Waals surface area contributed by atoms with E-state index in [4.69, 9.17) is 4.74 Å². The van der Waals surface area contributed by atoms with Crippen molar-refractivity contribution in [2.45, 2.75) is 45.8 Å². The highest BCUT2D eigenvalue weighted by Crippen LogP contribution is 2.16. The molecule has 1 atom stereocenters. The number of nitrogens with zero attached hydrogens (tertiary/aromatic N) is 1. The maximum Gasteiger partial charge on any atom is 0.408 e. The third-order valence-electron chi connectivity index (χ3n) is 3.90. The average Bonchev–Trinajstić information content (AvgIpc) is 2.70. The minimum atomic E-state index is -1.79. The van der Waals surface area contributed by atoms with Gasteiger partial charge < -0.3 is 15.4 Å². The van der Waals surface area contributed by atoms with Crippen LogP contribution < -0.4 is 10.6 Å². The van der Waals surface area contributed by atoms with Crippen molar-refractivity contribution in [3.63, 3.8) is 0 Å². The van der Waals surface area contributed by atoms with Gasteiger partial charge in [-0.05, 0) is 51.5 Å². The summed E-state index contributed by atoms with van der Waals surface area (Å²) in [7, 11) is 0.